The van der Waals surface area contributed by atoms with E-state index in [-0.39, 0.29) is 11.8 Å². The number of amides is 1. The number of anilines is 1. The molecule has 0 N–H and O–H groups in total. The highest BCUT2D eigenvalue weighted by atomic mass is 16.5. The summed E-state index contributed by atoms with van der Waals surface area (Å²) in [4.78, 5) is 18.3. The van der Waals surface area contributed by atoms with Crippen LogP contribution in [0.25, 0.3) is 0 Å². The summed E-state index contributed by atoms with van der Waals surface area (Å²) in [6.45, 7) is 6.46. The number of nitrogens with zero attached hydrogens (tertiary/aromatic N) is 3. The summed E-state index contributed by atoms with van der Waals surface area (Å²) in [6.07, 6.45) is 0.425. The van der Waals surface area contributed by atoms with Crippen LogP contribution in [0.1, 0.15) is 35.2 Å². The molecule has 2 aromatic rings. The first-order valence-corrected chi connectivity index (χ1v) is 6.72. The molecule has 0 radical (unpaired) electrons. The van der Waals surface area contributed by atoms with Crippen molar-refractivity contribution in [2.45, 2.75) is 33.1 Å². The van der Waals surface area contributed by atoms with Crippen molar-refractivity contribution in [1.29, 1.82) is 0 Å². The van der Waals surface area contributed by atoms with Gasteiger partial charge >= 0.3 is 0 Å². The van der Waals surface area contributed by atoms with Crippen LogP contribution in [0, 0.1) is 20.8 Å². The van der Waals surface area contributed by atoms with Gasteiger partial charge in [-0.05, 0) is 44.0 Å². The van der Waals surface area contributed by atoms with Crippen LogP contribution < -0.4 is 4.90 Å². The summed E-state index contributed by atoms with van der Waals surface area (Å²) in [6, 6.07) is 6.17. The number of carbonyl (C=O) groups is 1. The summed E-state index contributed by atoms with van der Waals surface area (Å²) >= 11 is 0. The largest absolute Gasteiger partial charge is 0.339 e. The number of aryl methyl sites for hydroxylation is 3. The zero-order chi connectivity index (χ0) is 14.3. The standard InChI is InChI=1S/C15H17N3O2/c1-9-4-10(2)6-13(5-9)18-8-12(7-14(18)19)15-16-11(3)17-20-15/h4-6,12H,7-8H2,1-3H3. The number of rotatable bonds is 2. The van der Waals surface area contributed by atoms with Gasteiger partial charge in [0, 0.05) is 18.7 Å². The molecule has 3 rings (SSSR count). The van der Waals surface area contributed by atoms with Crippen LogP contribution in [-0.4, -0.2) is 22.6 Å². The third-order valence-electron chi connectivity index (χ3n) is 3.54. The Bertz CT molecular complexity index is 643. The Morgan fingerprint density at radius 1 is 1.20 bits per heavy atom. The predicted octanol–water partition coefficient (Wildman–Crippen LogP) is 2.52. The first-order valence-electron chi connectivity index (χ1n) is 6.72. The fourth-order valence-electron chi connectivity index (χ4n) is 2.71. The lowest BCUT2D eigenvalue weighted by molar-refractivity contribution is -0.117. The number of carbonyl (C=O) groups excluding carboxylic acids is 1. The van der Waals surface area contributed by atoms with Gasteiger partial charge in [0.15, 0.2) is 5.82 Å². The number of hydrogen-bond acceptors (Lipinski definition) is 4. The van der Waals surface area contributed by atoms with E-state index in [1.54, 1.807) is 6.92 Å². The minimum atomic E-state index is -0.00971. The van der Waals surface area contributed by atoms with Crippen molar-refractivity contribution in [3.05, 3.63) is 41.0 Å². The van der Waals surface area contributed by atoms with Crippen LogP contribution in [0.2, 0.25) is 0 Å². The highest BCUT2D eigenvalue weighted by Crippen LogP contribution is 2.31. The second-order valence-corrected chi connectivity index (χ2v) is 5.43. The lowest BCUT2D eigenvalue weighted by Crippen LogP contribution is -2.24. The van der Waals surface area contributed by atoms with E-state index in [1.165, 1.54) is 0 Å². The maximum Gasteiger partial charge on any atom is 0.232 e. The fraction of sp³-hybridized carbons (Fsp3) is 0.400. The molecule has 5 heteroatoms. The Labute approximate surface area is 117 Å². The van der Waals surface area contributed by atoms with Crippen LogP contribution in [0.5, 0.6) is 0 Å². The van der Waals surface area contributed by atoms with Crippen molar-refractivity contribution in [3.63, 3.8) is 0 Å². The zero-order valence-corrected chi connectivity index (χ0v) is 11.9. The second-order valence-electron chi connectivity index (χ2n) is 5.43. The second kappa shape index (κ2) is 4.74. The van der Waals surface area contributed by atoms with E-state index in [1.807, 2.05) is 30.9 Å². The molecule has 0 saturated carbocycles. The number of aromatic nitrogens is 2. The summed E-state index contributed by atoms with van der Waals surface area (Å²) in [5.74, 6) is 1.26. The smallest absolute Gasteiger partial charge is 0.232 e. The Morgan fingerprint density at radius 2 is 1.90 bits per heavy atom. The number of hydrogen-bond donors (Lipinski definition) is 0. The molecule has 1 saturated heterocycles. The van der Waals surface area contributed by atoms with Gasteiger partial charge in [0.25, 0.3) is 0 Å². The van der Waals surface area contributed by atoms with Crippen molar-refractivity contribution in [3.8, 4) is 0 Å². The molecule has 1 aromatic carbocycles. The first kappa shape index (κ1) is 12.8. The minimum Gasteiger partial charge on any atom is -0.339 e. The molecule has 1 fully saturated rings. The highest BCUT2D eigenvalue weighted by molar-refractivity contribution is 5.96. The van der Waals surface area contributed by atoms with Gasteiger partial charge < -0.3 is 9.42 Å². The molecule has 1 unspecified atom stereocenters. The van der Waals surface area contributed by atoms with Gasteiger partial charge in [0.05, 0.1) is 5.92 Å². The first-order chi connectivity index (χ1) is 9.52. The molecule has 2 heterocycles. The molecule has 1 aromatic heterocycles. The van der Waals surface area contributed by atoms with Gasteiger partial charge in [-0.2, -0.15) is 4.98 Å². The average molecular weight is 271 g/mol. The van der Waals surface area contributed by atoms with E-state index in [4.69, 9.17) is 4.52 Å². The van der Waals surface area contributed by atoms with E-state index in [9.17, 15) is 4.79 Å². The van der Waals surface area contributed by atoms with Crippen molar-refractivity contribution in [2.75, 3.05) is 11.4 Å². The van der Waals surface area contributed by atoms with Gasteiger partial charge in [-0.15, -0.1) is 0 Å². The summed E-state index contributed by atoms with van der Waals surface area (Å²) in [5.41, 5.74) is 3.26. The molecule has 1 atom stereocenters. The van der Waals surface area contributed by atoms with E-state index in [0.29, 0.717) is 24.7 Å². The van der Waals surface area contributed by atoms with Crippen LogP contribution in [-0.2, 0) is 4.79 Å². The molecule has 0 aliphatic carbocycles. The lowest BCUT2D eigenvalue weighted by Gasteiger charge is -2.17. The van der Waals surface area contributed by atoms with Gasteiger partial charge in [0.2, 0.25) is 11.8 Å². The average Bonchev–Trinajstić information content (AvgIpc) is 2.94. The summed E-state index contributed by atoms with van der Waals surface area (Å²) in [5, 5.41) is 3.80. The van der Waals surface area contributed by atoms with Crippen LogP contribution in [0.4, 0.5) is 5.69 Å². The van der Waals surface area contributed by atoms with E-state index >= 15 is 0 Å². The Hall–Kier alpha value is -2.17. The highest BCUT2D eigenvalue weighted by Gasteiger charge is 2.35. The normalized spacial score (nSPS) is 18.9. The van der Waals surface area contributed by atoms with Crippen LogP contribution in [0.3, 0.4) is 0 Å². The Morgan fingerprint density at radius 3 is 2.50 bits per heavy atom. The summed E-state index contributed by atoms with van der Waals surface area (Å²) < 4.78 is 5.19. The monoisotopic (exact) mass is 271 g/mol. The van der Waals surface area contributed by atoms with E-state index in [0.717, 1.165) is 16.8 Å². The number of benzene rings is 1. The third kappa shape index (κ3) is 2.31. The molecule has 0 bridgehead atoms. The van der Waals surface area contributed by atoms with Gasteiger partial charge in [-0.3, -0.25) is 4.79 Å². The van der Waals surface area contributed by atoms with Crippen molar-refractivity contribution >= 4 is 11.6 Å². The predicted molar refractivity (Wildman–Crippen MR) is 74.7 cm³/mol. The molecule has 1 aliphatic heterocycles. The van der Waals surface area contributed by atoms with Crippen molar-refractivity contribution in [2.24, 2.45) is 0 Å². The van der Waals surface area contributed by atoms with Gasteiger partial charge in [-0.25, -0.2) is 0 Å². The molecule has 1 aliphatic rings. The summed E-state index contributed by atoms with van der Waals surface area (Å²) in [7, 11) is 0. The van der Waals surface area contributed by atoms with Gasteiger partial charge in [0.1, 0.15) is 0 Å². The van der Waals surface area contributed by atoms with Gasteiger partial charge in [-0.1, -0.05) is 11.2 Å². The lowest BCUT2D eigenvalue weighted by atomic mass is 10.1. The zero-order valence-electron chi connectivity index (χ0n) is 11.9. The molecule has 0 spiro atoms. The molecular weight excluding hydrogens is 254 g/mol. The van der Waals surface area contributed by atoms with E-state index < -0.39 is 0 Å². The quantitative estimate of drug-likeness (QED) is 0.842. The molecular formula is C15H17N3O2. The van der Waals surface area contributed by atoms with Crippen LogP contribution >= 0.6 is 0 Å². The van der Waals surface area contributed by atoms with Crippen molar-refractivity contribution < 1.29 is 9.32 Å². The molecule has 104 valence electrons. The van der Waals surface area contributed by atoms with Crippen molar-refractivity contribution in [1.82, 2.24) is 10.1 Å². The maximum atomic E-state index is 12.2. The Balaban J connectivity index is 1.87. The molecule has 20 heavy (non-hydrogen) atoms. The van der Waals surface area contributed by atoms with Crippen LogP contribution in [0.15, 0.2) is 22.7 Å². The third-order valence-corrected chi connectivity index (χ3v) is 3.54. The topological polar surface area (TPSA) is 59.2 Å². The maximum absolute atomic E-state index is 12.2. The Kier molecular flexibility index (Phi) is 3.04. The van der Waals surface area contributed by atoms with E-state index in [2.05, 4.69) is 16.2 Å². The minimum absolute atomic E-state index is 0.00971. The fourth-order valence-corrected chi connectivity index (χ4v) is 2.71. The SMILES string of the molecule is Cc1cc(C)cc(N2CC(c3nc(C)no3)CC2=O)c1. The molecule has 1 amide bonds. The molecule has 5 nitrogen and oxygen atoms in total.